The first kappa shape index (κ1) is 41.0. The molecule has 0 saturated heterocycles. The number of hydrogen-bond donors (Lipinski definition) is 7. The molecule has 1 aliphatic rings. The van der Waals surface area contributed by atoms with Crippen molar-refractivity contribution in [2.45, 2.75) is 56.7 Å². The van der Waals surface area contributed by atoms with Gasteiger partial charge in [-0.15, -0.1) is 0 Å². The maximum absolute atomic E-state index is 14.3. The van der Waals surface area contributed by atoms with Crippen molar-refractivity contribution in [1.29, 1.82) is 5.41 Å². The van der Waals surface area contributed by atoms with Gasteiger partial charge >= 0.3 is 0 Å². The maximum atomic E-state index is 14.3. The Morgan fingerprint density at radius 1 is 0.707 bits per heavy atom. The zero-order chi connectivity index (χ0) is 41.1. The minimum atomic E-state index is -4.07. The zero-order valence-corrected chi connectivity index (χ0v) is 32.5. The number of rotatable bonds is 8. The maximum Gasteiger partial charge on any atom is 0.251 e. The fourth-order valence-corrected chi connectivity index (χ4v) is 7.93. The number of amidine groups is 1. The summed E-state index contributed by atoms with van der Waals surface area (Å²) in [5.74, 6) is -2.27. The first-order valence-corrected chi connectivity index (χ1v) is 20.4. The van der Waals surface area contributed by atoms with E-state index in [1.165, 1.54) is 0 Å². The summed E-state index contributed by atoms with van der Waals surface area (Å²) in [5, 5.41) is 19.2. The van der Waals surface area contributed by atoms with Crippen LogP contribution in [-0.4, -0.2) is 50.0 Å². The molecular weight excluding hydrogens is 755 g/mol. The van der Waals surface area contributed by atoms with E-state index in [4.69, 9.17) is 11.1 Å². The molecule has 6 rings (SSSR count). The fraction of sp³-hybridized carbons (Fsp3) is 0.205. The van der Waals surface area contributed by atoms with Crippen molar-refractivity contribution in [1.82, 2.24) is 26.0 Å². The second-order valence-corrected chi connectivity index (χ2v) is 15.9. The molecule has 1 heterocycles. The normalized spacial score (nSPS) is 16.7. The van der Waals surface area contributed by atoms with Crippen LogP contribution in [0.15, 0.2) is 127 Å². The molecule has 0 spiro atoms. The average molecular weight is 800 g/mol. The van der Waals surface area contributed by atoms with Crippen molar-refractivity contribution in [2.75, 3.05) is 0 Å². The van der Waals surface area contributed by atoms with E-state index >= 15 is 0 Å². The number of sulfonamides is 1. The molecule has 58 heavy (non-hydrogen) atoms. The Balaban J connectivity index is 1.32. The number of nitrogens with two attached hydrogens (primary N) is 1. The summed E-state index contributed by atoms with van der Waals surface area (Å²) in [4.78, 5) is 54.4. The quantitative estimate of drug-likeness (QED) is 0.0920. The van der Waals surface area contributed by atoms with E-state index in [9.17, 15) is 27.6 Å². The molecule has 4 amide bonds. The summed E-state index contributed by atoms with van der Waals surface area (Å²) < 4.78 is 29.8. The molecule has 2 atom stereocenters. The van der Waals surface area contributed by atoms with Gasteiger partial charge in [0.05, 0.1) is 12.2 Å². The topological polar surface area (TPSA) is 212 Å². The fourth-order valence-electron chi connectivity index (χ4n) is 6.60. The van der Waals surface area contributed by atoms with E-state index in [0.29, 0.717) is 38.9 Å². The minimum Gasteiger partial charge on any atom is -0.384 e. The van der Waals surface area contributed by atoms with Crippen LogP contribution in [0.2, 0.25) is 0 Å². The van der Waals surface area contributed by atoms with Crippen molar-refractivity contribution in [3.05, 3.63) is 177 Å². The molecule has 0 unspecified atom stereocenters. The van der Waals surface area contributed by atoms with Gasteiger partial charge in [-0.05, 0) is 57.5 Å². The lowest BCUT2D eigenvalue weighted by Crippen LogP contribution is -2.55. The third kappa shape index (κ3) is 11.9. The van der Waals surface area contributed by atoms with Crippen LogP contribution in [0.4, 0.5) is 0 Å². The lowest BCUT2D eigenvalue weighted by atomic mass is 10.0. The highest BCUT2D eigenvalue weighted by molar-refractivity contribution is 7.88. The third-order valence-corrected chi connectivity index (χ3v) is 10.9. The number of nitrogens with one attached hydrogen (secondary N) is 6. The van der Waals surface area contributed by atoms with Gasteiger partial charge in [0.25, 0.3) is 5.91 Å². The Morgan fingerprint density at radius 2 is 1.33 bits per heavy atom. The van der Waals surface area contributed by atoms with E-state index in [1.807, 2.05) is 12.1 Å². The number of benzene rings is 5. The Labute approximate surface area is 337 Å². The number of nitrogen functional groups attached to an aromatic ring is 1. The molecule has 0 aliphatic carbocycles. The molecule has 1 aliphatic heterocycles. The summed E-state index contributed by atoms with van der Waals surface area (Å²) in [7, 11) is -4.07. The first-order chi connectivity index (χ1) is 27.9. The van der Waals surface area contributed by atoms with Gasteiger partial charge in [-0.3, -0.25) is 24.6 Å². The molecule has 6 bridgehead atoms. The molecule has 5 aromatic rings. The van der Waals surface area contributed by atoms with Crippen molar-refractivity contribution in [2.24, 2.45) is 5.73 Å². The van der Waals surface area contributed by atoms with Crippen molar-refractivity contribution < 1.29 is 27.6 Å². The number of carbonyl (C=O) groups excluding carboxylic acids is 4. The molecule has 0 radical (unpaired) electrons. The highest BCUT2D eigenvalue weighted by Crippen LogP contribution is 2.15. The van der Waals surface area contributed by atoms with Crippen LogP contribution < -0.4 is 31.7 Å². The Morgan fingerprint density at radius 3 is 2.02 bits per heavy atom. The molecule has 8 N–H and O–H groups in total. The molecule has 5 aromatic carbocycles. The van der Waals surface area contributed by atoms with Crippen LogP contribution in [0.3, 0.4) is 0 Å². The van der Waals surface area contributed by atoms with Crippen LogP contribution in [0.1, 0.15) is 54.9 Å². The van der Waals surface area contributed by atoms with Crippen LogP contribution in [0.5, 0.6) is 0 Å². The highest BCUT2D eigenvalue weighted by atomic mass is 32.2. The predicted molar refractivity (Wildman–Crippen MR) is 221 cm³/mol. The smallest absolute Gasteiger partial charge is 0.251 e. The van der Waals surface area contributed by atoms with Crippen LogP contribution in [0.25, 0.3) is 0 Å². The van der Waals surface area contributed by atoms with E-state index in [1.54, 1.807) is 115 Å². The average Bonchev–Trinajstić information content (AvgIpc) is 3.21. The SMILES string of the molecule is N=C(N)c1ccc(CNC(=O)[C@@H]2Cc3cccc(c3)CNC(=O)Cc3cccc(c3)C(=O)NCc3cccc(c3)C[C@@H](NS(=O)(=O)Cc3ccccc3)C(=O)N2)cc1. The van der Waals surface area contributed by atoms with Crippen molar-refractivity contribution in [3.8, 4) is 0 Å². The summed E-state index contributed by atoms with van der Waals surface area (Å²) in [6.45, 7) is 0.440. The van der Waals surface area contributed by atoms with Gasteiger partial charge in [-0.1, -0.05) is 115 Å². The van der Waals surface area contributed by atoms with Crippen molar-refractivity contribution >= 4 is 39.5 Å². The molecule has 0 fully saturated rings. The monoisotopic (exact) mass is 799 g/mol. The van der Waals surface area contributed by atoms with Gasteiger partial charge in [0, 0.05) is 37.2 Å². The van der Waals surface area contributed by atoms with Gasteiger partial charge in [-0.2, -0.15) is 0 Å². The van der Waals surface area contributed by atoms with E-state index in [-0.39, 0.29) is 62.3 Å². The molecule has 14 heteroatoms. The predicted octanol–water partition coefficient (Wildman–Crippen LogP) is 3.15. The highest BCUT2D eigenvalue weighted by Gasteiger charge is 2.30. The number of carbonyl (C=O) groups is 4. The number of fused-ring (bicyclic) bond motifs is 6. The van der Waals surface area contributed by atoms with Crippen molar-refractivity contribution in [3.63, 3.8) is 0 Å². The van der Waals surface area contributed by atoms with Crippen LogP contribution in [0, 0.1) is 5.41 Å². The number of amides is 4. The minimum absolute atomic E-state index is 0.0497. The largest absolute Gasteiger partial charge is 0.384 e. The third-order valence-electron chi connectivity index (χ3n) is 9.56. The van der Waals surface area contributed by atoms with E-state index in [0.717, 1.165) is 11.1 Å². The molecular formula is C44H45N7O6S. The van der Waals surface area contributed by atoms with Gasteiger partial charge in [0.15, 0.2) is 0 Å². The lowest BCUT2D eigenvalue weighted by molar-refractivity contribution is -0.129. The van der Waals surface area contributed by atoms with Gasteiger partial charge < -0.3 is 27.0 Å². The second kappa shape index (κ2) is 19.0. The Bertz CT molecular complexity index is 2410. The van der Waals surface area contributed by atoms with Crippen LogP contribution >= 0.6 is 0 Å². The second-order valence-electron chi connectivity index (χ2n) is 14.2. The van der Waals surface area contributed by atoms with E-state index in [2.05, 4.69) is 26.0 Å². The summed E-state index contributed by atoms with van der Waals surface area (Å²) in [5.41, 5.74) is 11.2. The first-order valence-electron chi connectivity index (χ1n) is 18.7. The Kier molecular flexibility index (Phi) is 13.4. The van der Waals surface area contributed by atoms with Gasteiger partial charge in [0.1, 0.15) is 17.9 Å². The Hall–Kier alpha value is -6.64. The summed E-state index contributed by atoms with van der Waals surface area (Å²) in [6, 6.07) is 34.2. The van der Waals surface area contributed by atoms with Gasteiger partial charge in [0.2, 0.25) is 27.7 Å². The van der Waals surface area contributed by atoms with Gasteiger partial charge in [-0.25, -0.2) is 13.1 Å². The summed E-state index contributed by atoms with van der Waals surface area (Å²) >= 11 is 0. The molecule has 0 saturated carbocycles. The number of hydrogen-bond acceptors (Lipinski definition) is 7. The van der Waals surface area contributed by atoms with E-state index < -0.39 is 33.9 Å². The lowest BCUT2D eigenvalue weighted by Gasteiger charge is -2.24. The zero-order valence-electron chi connectivity index (χ0n) is 31.7. The standard InChI is InChI=1S/C44H45N7O6S/c45-41(46)36-17-15-29(16-18-36)25-49-43(54)38-22-31-9-4-12-34(19-31)26-47-40(52)24-33-11-6-14-37(21-33)42(53)48-27-35-13-5-10-32(20-35)23-39(44(55)50-38)51-58(56,57)28-30-7-2-1-3-8-30/h1-21,38-39,51H,22-28H2,(H3,45,46)(H,47,52)(H,48,53)(H,49,54)(H,50,55)/t38-,39+/m0/s1. The molecule has 0 aromatic heterocycles. The molecule has 13 nitrogen and oxygen atoms in total. The van der Waals surface area contributed by atoms with Crippen LogP contribution in [-0.2, 0) is 69.1 Å². The molecule has 298 valence electrons. The summed E-state index contributed by atoms with van der Waals surface area (Å²) in [6.07, 6.45) is 0.0503.